The number of halogens is 1. The molecule has 4 aliphatic heterocycles. The van der Waals surface area contributed by atoms with Gasteiger partial charge in [-0.3, -0.25) is 0 Å². The Kier molecular flexibility index (Phi) is 16.9. The van der Waals surface area contributed by atoms with Gasteiger partial charge in [0.2, 0.25) is 5.67 Å². The summed E-state index contributed by atoms with van der Waals surface area (Å²) in [4.78, 5) is 16.7. The molecule has 0 radical (unpaired) electrons. The van der Waals surface area contributed by atoms with Gasteiger partial charge in [0.1, 0.15) is 23.9 Å². The molecule has 344 valence electrons. The molecule has 14 nitrogen and oxygen atoms in total. The van der Waals surface area contributed by atoms with Crippen molar-refractivity contribution >= 4 is 11.7 Å². The molecule has 0 saturated carbocycles. The Morgan fingerprint density at radius 1 is 1.03 bits per heavy atom. The third-order valence-electron chi connectivity index (χ3n) is 13.9. The van der Waals surface area contributed by atoms with Gasteiger partial charge in [0.15, 0.2) is 12.6 Å². The SMILES string of the molecule is C#CCCN(C)[C@H]1C[C@@H](C)OC(O[C@@H]2[C@@H](C)[C@H](OC3C[C@@](C)(OC)[C@@H](O)[C@H](C)O3)[C@](C)(F)C(=O)O[C@H](CC)[C@@](C)(O)[C@@H]3OCC(=C)CO[C@]2(C)C[C@@H](C)/C(=N/O)[C@@H]3C)[C@@H]1C. The van der Waals surface area contributed by atoms with Crippen molar-refractivity contribution in [1.29, 1.82) is 0 Å². The van der Waals surface area contributed by atoms with Crippen LogP contribution in [0.4, 0.5) is 4.39 Å². The Balaban J connectivity index is 1.99. The van der Waals surface area contributed by atoms with Gasteiger partial charge >= 0.3 is 5.97 Å². The molecule has 0 spiro atoms. The van der Waals surface area contributed by atoms with Crippen molar-refractivity contribution in [2.75, 3.05) is 33.9 Å². The zero-order chi connectivity index (χ0) is 45.1. The molecule has 0 aromatic rings. The van der Waals surface area contributed by atoms with E-state index in [4.69, 9.17) is 44.3 Å². The first-order valence-corrected chi connectivity index (χ1v) is 21.7. The lowest BCUT2D eigenvalue weighted by molar-refractivity contribution is -0.320. The van der Waals surface area contributed by atoms with Crippen LogP contribution >= 0.6 is 0 Å². The van der Waals surface area contributed by atoms with Gasteiger partial charge in [-0.2, -0.15) is 0 Å². The highest BCUT2D eigenvalue weighted by molar-refractivity contribution is 5.88. The molecule has 15 heteroatoms. The summed E-state index contributed by atoms with van der Waals surface area (Å²) < 4.78 is 69.9. The van der Waals surface area contributed by atoms with Crippen molar-refractivity contribution in [3.05, 3.63) is 12.2 Å². The molecule has 3 N–H and O–H groups in total. The van der Waals surface area contributed by atoms with Crippen LogP contribution in [0.15, 0.2) is 17.3 Å². The molecule has 0 aromatic heterocycles. The number of terminal acetylenes is 1. The molecule has 4 saturated heterocycles. The second-order valence-corrected chi connectivity index (χ2v) is 18.9. The Bertz CT molecular complexity index is 1540. The van der Waals surface area contributed by atoms with E-state index in [0.717, 1.165) is 6.92 Å². The summed E-state index contributed by atoms with van der Waals surface area (Å²) in [5.41, 5.74) is -6.46. The standard InChI is InChI=1S/C45H75FN2O12/c1-16-18-19-48(14)32-20-27(5)56-40(28(32)6)60-37-30(8)38(59-34-22-42(10,53-15)36(49)31(9)57-34)44(12,46)41(50)58-33(17-2)45(13,51)39-29(7)35(47-52)26(4)21-43(37,11)55-24-25(3)23-54-39/h1,26-34,36-40,49,51-52H,3,17-24H2,2,4-15H3/b47-35-/t26-,27-,28-,29+,30-,31+,32+,33-,34?,36+,37-,38+,39-,40?,42-,43-,44+,45-/m1/s1. The van der Waals surface area contributed by atoms with Gasteiger partial charge in [-0.1, -0.05) is 46.4 Å². The molecule has 4 aliphatic rings. The molecular formula is C45H75FN2O12. The molecule has 2 unspecified atom stereocenters. The number of alkyl halides is 1. The Labute approximate surface area is 357 Å². The average Bonchev–Trinajstić information content (AvgIpc) is 3.19. The lowest BCUT2D eigenvalue weighted by Crippen LogP contribution is -2.63. The van der Waals surface area contributed by atoms with E-state index in [2.05, 4.69) is 22.6 Å². The molecule has 0 amide bonds. The van der Waals surface area contributed by atoms with Gasteiger partial charge in [0.25, 0.3) is 0 Å². The normalized spacial score (nSPS) is 47.2. The second-order valence-electron chi connectivity index (χ2n) is 18.9. The summed E-state index contributed by atoms with van der Waals surface area (Å²) in [5, 5.41) is 37.9. The van der Waals surface area contributed by atoms with Crippen LogP contribution in [0, 0.1) is 36.0 Å². The monoisotopic (exact) mass is 855 g/mol. The third kappa shape index (κ3) is 10.6. The van der Waals surface area contributed by atoms with Crippen LogP contribution in [0.25, 0.3) is 0 Å². The minimum atomic E-state index is -2.90. The number of ether oxygens (including phenoxy) is 8. The minimum Gasteiger partial charge on any atom is -0.457 e. The summed E-state index contributed by atoms with van der Waals surface area (Å²) >= 11 is 0. The fraction of sp³-hybridized carbons (Fsp3) is 0.867. The number of cyclic esters (lactones) is 1. The zero-order valence-corrected chi connectivity index (χ0v) is 38.3. The van der Waals surface area contributed by atoms with E-state index >= 15 is 4.39 Å². The van der Waals surface area contributed by atoms with Gasteiger partial charge in [0, 0.05) is 56.2 Å². The highest BCUT2D eigenvalue weighted by Crippen LogP contribution is 2.45. The van der Waals surface area contributed by atoms with Crippen LogP contribution in [0.2, 0.25) is 0 Å². The van der Waals surface area contributed by atoms with Crippen LogP contribution in [-0.4, -0.2) is 150 Å². The van der Waals surface area contributed by atoms with Crippen LogP contribution in [0.3, 0.4) is 0 Å². The largest absolute Gasteiger partial charge is 0.457 e. The van der Waals surface area contributed by atoms with E-state index in [1.54, 1.807) is 34.6 Å². The van der Waals surface area contributed by atoms with Crippen LogP contribution < -0.4 is 0 Å². The molecular weight excluding hydrogens is 779 g/mol. The third-order valence-corrected chi connectivity index (χ3v) is 13.9. The van der Waals surface area contributed by atoms with Gasteiger partial charge in [-0.15, -0.1) is 12.3 Å². The van der Waals surface area contributed by atoms with Gasteiger partial charge < -0.3 is 58.2 Å². The number of methoxy groups -OCH3 is 1. The predicted molar refractivity (Wildman–Crippen MR) is 223 cm³/mol. The van der Waals surface area contributed by atoms with Crippen molar-refractivity contribution in [3.63, 3.8) is 0 Å². The van der Waals surface area contributed by atoms with E-state index in [1.807, 2.05) is 34.7 Å². The van der Waals surface area contributed by atoms with Crippen LogP contribution in [-0.2, 0) is 42.7 Å². The van der Waals surface area contributed by atoms with E-state index in [9.17, 15) is 20.2 Å². The Morgan fingerprint density at radius 2 is 1.70 bits per heavy atom. The Morgan fingerprint density at radius 3 is 2.30 bits per heavy atom. The van der Waals surface area contributed by atoms with E-state index in [1.165, 1.54) is 14.0 Å². The average molecular weight is 855 g/mol. The number of hydrogen-bond donors (Lipinski definition) is 3. The first-order valence-electron chi connectivity index (χ1n) is 21.7. The maximum atomic E-state index is 18.2. The molecule has 4 fully saturated rings. The first kappa shape index (κ1) is 50.4. The number of nitrogens with zero attached hydrogens (tertiary/aromatic N) is 2. The van der Waals surface area contributed by atoms with Crippen molar-refractivity contribution in [2.45, 2.75) is 192 Å². The Hall–Kier alpha value is -2.23. The van der Waals surface area contributed by atoms with Gasteiger partial charge in [0.05, 0.1) is 54.5 Å². The van der Waals surface area contributed by atoms with E-state index in [0.29, 0.717) is 30.7 Å². The molecule has 4 heterocycles. The van der Waals surface area contributed by atoms with Crippen molar-refractivity contribution in [1.82, 2.24) is 4.90 Å². The molecule has 60 heavy (non-hydrogen) atoms. The highest BCUT2D eigenvalue weighted by Gasteiger charge is 2.59. The fourth-order valence-corrected chi connectivity index (χ4v) is 10.2. The summed E-state index contributed by atoms with van der Waals surface area (Å²) in [6.45, 7) is 23.7. The highest BCUT2D eigenvalue weighted by atomic mass is 19.1. The minimum absolute atomic E-state index is 0.00599. The number of oxime groups is 1. The topological polar surface area (TPSA) is 167 Å². The maximum absolute atomic E-state index is 18.2. The summed E-state index contributed by atoms with van der Waals surface area (Å²) in [6.07, 6.45) is -2.03. The summed E-state index contributed by atoms with van der Waals surface area (Å²) in [7, 11) is 3.49. The zero-order valence-electron chi connectivity index (χ0n) is 38.3. The summed E-state index contributed by atoms with van der Waals surface area (Å²) in [5.74, 6) is -1.07. The smallest absolute Gasteiger partial charge is 0.346 e. The number of hydrogen-bond acceptors (Lipinski definition) is 14. The molecule has 0 aliphatic carbocycles. The number of esters is 1. The maximum Gasteiger partial charge on any atom is 0.346 e. The number of aliphatic hydroxyl groups is 2. The van der Waals surface area contributed by atoms with E-state index in [-0.39, 0.29) is 50.5 Å². The van der Waals surface area contributed by atoms with Crippen LogP contribution in [0.1, 0.15) is 108 Å². The lowest BCUT2D eigenvalue weighted by atomic mass is 9.73. The lowest BCUT2D eigenvalue weighted by Gasteiger charge is -2.51. The number of carbonyl (C=O) groups is 1. The quantitative estimate of drug-likeness (QED) is 0.0885. The molecule has 0 aromatic carbocycles. The number of fused-ring (bicyclic) bond motifs is 5. The number of aliphatic hydroxyl groups excluding tert-OH is 1. The molecule has 4 rings (SSSR count). The number of rotatable bonds is 9. The van der Waals surface area contributed by atoms with Crippen molar-refractivity contribution < 1.29 is 62.5 Å². The second kappa shape index (κ2) is 20.1. The van der Waals surface area contributed by atoms with Crippen molar-refractivity contribution in [2.24, 2.45) is 28.8 Å². The van der Waals surface area contributed by atoms with E-state index < -0.39 is 95.4 Å². The fourth-order valence-electron chi connectivity index (χ4n) is 10.2. The van der Waals surface area contributed by atoms with Gasteiger partial charge in [-0.05, 0) is 73.4 Å². The summed E-state index contributed by atoms with van der Waals surface area (Å²) in [6, 6.07) is 0.00599. The molecule has 18 atom stereocenters. The van der Waals surface area contributed by atoms with Crippen molar-refractivity contribution in [3.8, 4) is 12.3 Å². The number of carbonyl (C=O) groups excluding carboxylic acids is 1. The predicted octanol–water partition coefficient (Wildman–Crippen LogP) is 5.43. The first-order chi connectivity index (χ1) is 27.9. The molecule has 2 bridgehead atoms. The van der Waals surface area contributed by atoms with Crippen LogP contribution in [0.5, 0.6) is 0 Å². The van der Waals surface area contributed by atoms with Gasteiger partial charge in [-0.25, -0.2) is 9.18 Å².